The van der Waals surface area contributed by atoms with Gasteiger partial charge >= 0.3 is 5.97 Å². The molecule has 0 fully saturated rings. The maximum Gasteiger partial charge on any atom is 0.331 e. The number of nitrogens with one attached hydrogen (secondary N) is 1. The molecule has 5 nitrogen and oxygen atoms in total. The number of carbonyl (C=O) groups excluding carboxylic acids is 2. The molecule has 0 spiro atoms. The number of nitriles is 1. The van der Waals surface area contributed by atoms with Crippen LogP contribution < -0.4 is 5.32 Å². The van der Waals surface area contributed by atoms with Crippen LogP contribution in [0.3, 0.4) is 0 Å². The zero-order chi connectivity index (χ0) is 13.6. The van der Waals surface area contributed by atoms with E-state index >= 15 is 0 Å². The molecule has 94 valence electrons. The Hall–Kier alpha value is -2.35. The highest BCUT2D eigenvalue weighted by Crippen LogP contribution is 2.15. The summed E-state index contributed by atoms with van der Waals surface area (Å²) >= 11 is 0. The average Bonchev–Trinajstić information content (AvgIpc) is 2.39. The van der Waals surface area contributed by atoms with Gasteiger partial charge in [-0.1, -0.05) is 12.1 Å². The van der Waals surface area contributed by atoms with Crippen molar-refractivity contribution in [3.05, 3.63) is 35.4 Å². The third kappa shape index (κ3) is 3.08. The van der Waals surface area contributed by atoms with Crippen molar-refractivity contribution in [2.45, 2.75) is 18.9 Å². The lowest BCUT2D eigenvalue weighted by molar-refractivity contribution is -0.148. The topological polar surface area (TPSA) is 79.2 Å². The van der Waals surface area contributed by atoms with Crippen LogP contribution in [0.1, 0.15) is 18.1 Å². The van der Waals surface area contributed by atoms with E-state index in [0.29, 0.717) is 18.4 Å². The van der Waals surface area contributed by atoms with Crippen molar-refractivity contribution in [2.24, 2.45) is 0 Å². The first kappa shape index (κ1) is 13.7. The Bertz CT molecular complexity index is 476. The molecule has 1 rings (SSSR count). The molecule has 0 radical (unpaired) electrons. The Morgan fingerprint density at radius 2 is 2.11 bits per heavy atom. The minimum Gasteiger partial charge on any atom is -0.467 e. The van der Waals surface area contributed by atoms with Crippen molar-refractivity contribution in [3.8, 4) is 6.07 Å². The number of esters is 1. The van der Waals surface area contributed by atoms with Gasteiger partial charge in [-0.2, -0.15) is 5.26 Å². The lowest BCUT2D eigenvalue weighted by Gasteiger charge is -2.25. The molecule has 1 amide bonds. The molecule has 0 bridgehead atoms. The van der Waals surface area contributed by atoms with Gasteiger partial charge in [0.25, 0.3) is 0 Å². The molecule has 5 heteroatoms. The third-order valence-corrected chi connectivity index (χ3v) is 2.65. The van der Waals surface area contributed by atoms with Gasteiger partial charge in [0.05, 0.1) is 18.7 Å². The minimum absolute atomic E-state index is 0.296. The first-order valence-electron chi connectivity index (χ1n) is 5.34. The second-order valence-electron chi connectivity index (χ2n) is 4.07. The van der Waals surface area contributed by atoms with Crippen molar-refractivity contribution < 1.29 is 14.3 Å². The van der Waals surface area contributed by atoms with Crippen LogP contribution in [-0.2, 0) is 20.7 Å². The summed E-state index contributed by atoms with van der Waals surface area (Å²) in [6.07, 6.45) is 0.769. The summed E-state index contributed by atoms with van der Waals surface area (Å²) < 4.78 is 4.67. The molecule has 0 unspecified atom stereocenters. The summed E-state index contributed by atoms with van der Waals surface area (Å²) in [4.78, 5) is 22.2. The van der Waals surface area contributed by atoms with Crippen molar-refractivity contribution in [2.75, 3.05) is 7.11 Å². The summed E-state index contributed by atoms with van der Waals surface area (Å²) in [5.74, 6) is -0.515. The molecule has 0 saturated heterocycles. The molecule has 0 aliphatic rings. The van der Waals surface area contributed by atoms with Gasteiger partial charge in [-0.05, 0) is 24.6 Å². The van der Waals surface area contributed by atoms with E-state index < -0.39 is 11.5 Å². The smallest absolute Gasteiger partial charge is 0.331 e. The predicted octanol–water partition coefficient (Wildman–Crippen LogP) is 0.778. The molecule has 0 aromatic heterocycles. The van der Waals surface area contributed by atoms with Crippen LogP contribution in [0.5, 0.6) is 0 Å². The van der Waals surface area contributed by atoms with Crippen molar-refractivity contribution in [3.63, 3.8) is 0 Å². The highest BCUT2D eigenvalue weighted by atomic mass is 16.5. The van der Waals surface area contributed by atoms with Gasteiger partial charge in [-0.15, -0.1) is 0 Å². The van der Waals surface area contributed by atoms with Crippen LogP contribution in [0, 0.1) is 11.3 Å². The highest BCUT2D eigenvalue weighted by molar-refractivity contribution is 5.83. The fourth-order valence-corrected chi connectivity index (χ4v) is 1.64. The fourth-order valence-electron chi connectivity index (χ4n) is 1.64. The second kappa shape index (κ2) is 5.82. The molecule has 0 saturated carbocycles. The number of benzene rings is 1. The van der Waals surface area contributed by atoms with Gasteiger partial charge in [0.2, 0.25) is 6.41 Å². The zero-order valence-electron chi connectivity index (χ0n) is 10.3. The Labute approximate surface area is 105 Å². The molecular weight excluding hydrogens is 232 g/mol. The van der Waals surface area contributed by atoms with Crippen LogP contribution in [0.25, 0.3) is 0 Å². The number of rotatable bonds is 5. The van der Waals surface area contributed by atoms with E-state index in [-0.39, 0.29) is 0 Å². The van der Waals surface area contributed by atoms with Gasteiger partial charge in [0.1, 0.15) is 5.54 Å². The monoisotopic (exact) mass is 246 g/mol. The fraction of sp³-hybridized carbons (Fsp3) is 0.308. The Kier molecular flexibility index (Phi) is 4.44. The predicted molar refractivity (Wildman–Crippen MR) is 64.5 cm³/mol. The van der Waals surface area contributed by atoms with Crippen LogP contribution in [0.4, 0.5) is 0 Å². The quantitative estimate of drug-likeness (QED) is 0.615. The van der Waals surface area contributed by atoms with E-state index in [9.17, 15) is 9.59 Å². The molecule has 0 heterocycles. The number of hydrogen-bond acceptors (Lipinski definition) is 4. The van der Waals surface area contributed by atoms with Crippen molar-refractivity contribution >= 4 is 12.4 Å². The SMILES string of the molecule is COC(=O)[C@](C)(Cc1ccc(C#N)cc1)NC=O. The average molecular weight is 246 g/mol. The number of hydrogen-bond donors (Lipinski definition) is 1. The Morgan fingerprint density at radius 1 is 1.50 bits per heavy atom. The van der Waals surface area contributed by atoms with Crippen LogP contribution in [0.2, 0.25) is 0 Å². The molecule has 18 heavy (non-hydrogen) atoms. The molecule has 1 atom stereocenters. The molecule has 1 aromatic rings. The minimum atomic E-state index is -1.11. The first-order chi connectivity index (χ1) is 8.55. The van der Waals surface area contributed by atoms with Gasteiger partial charge in [0, 0.05) is 6.42 Å². The highest BCUT2D eigenvalue weighted by Gasteiger charge is 2.34. The maximum atomic E-state index is 11.7. The van der Waals surface area contributed by atoms with Gasteiger partial charge in [0.15, 0.2) is 0 Å². The van der Waals surface area contributed by atoms with Crippen LogP contribution in [-0.4, -0.2) is 25.0 Å². The third-order valence-electron chi connectivity index (χ3n) is 2.65. The summed E-state index contributed by atoms with van der Waals surface area (Å²) in [5.41, 5.74) is 0.267. The molecule has 1 aromatic carbocycles. The molecule has 0 aliphatic carbocycles. The van der Waals surface area contributed by atoms with E-state index in [0.717, 1.165) is 5.56 Å². The number of nitrogens with zero attached hydrogens (tertiary/aromatic N) is 1. The maximum absolute atomic E-state index is 11.7. The van der Waals surface area contributed by atoms with Crippen molar-refractivity contribution in [1.29, 1.82) is 5.26 Å². The van der Waals surface area contributed by atoms with E-state index in [1.54, 1.807) is 31.2 Å². The number of ether oxygens (including phenoxy) is 1. The van der Waals surface area contributed by atoms with Gasteiger partial charge in [-0.25, -0.2) is 4.79 Å². The summed E-state index contributed by atoms with van der Waals surface area (Å²) in [6.45, 7) is 1.59. The largest absolute Gasteiger partial charge is 0.467 e. The first-order valence-corrected chi connectivity index (χ1v) is 5.34. The van der Waals surface area contributed by atoms with Crippen LogP contribution in [0.15, 0.2) is 24.3 Å². The summed E-state index contributed by atoms with van der Waals surface area (Å²) in [5, 5.41) is 11.2. The van der Waals surface area contributed by atoms with E-state index in [2.05, 4.69) is 10.1 Å². The lowest BCUT2D eigenvalue weighted by atomic mass is 9.92. The number of methoxy groups -OCH3 is 1. The molecule has 1 N–H and O–H groups in total. The van der Waals surface area contributed by atoms with E-state index in [4.69, 9.17) is 5.26 Å². The summed E-state index contributed by atoms with van der Waals surface area (Å²) in [6, 6.07) is 8.82. The Morgan fingerprint density at radius 3 is 2.56 bits per heavy atom. The molecule has 0 aliphatic heterocycles. The number of amides is 1. The van der Waals surface area contributed by atoms with E-state index in [1.165, 1.54) is 7.11 Å². The van der Waals surface area contributed by atoms with E-state index in [1.807, 2.05) is 6.07 Å². The normalized spacial score (nSPS) is 12.9. The van der Waals surface area contributed by atoms with Gasteiger partial charge in [-0.3, -0.25) is 4.79 Å². The zero-order valence-corrected chi connectivity index (χ0v) is 10.3. The number of carbonyl (C=O) groups is 2. The molecular formula is C13H14N2O3. The lowest BCUT2D eigenvalue weighted by Crippen LogP contribution is -2.51. The summed E-state index contributed by atoms with van der Waals surface area (Å²) in [7, 11) is 1.27. The second-order valence-corrected chi connectivity index (χ2v) is 4.07. The van der Waals surface area contributed by atoms with Gasteiger partial charge < -0.3 is 10.1 Å². The Balaban J connectivity index is 2.92. The van der Waals surface area contributed by atoms with Crippen molar-refractivity contribution in [1.82, 2.24) is 5.32 Å². The standard InChI is InChI=1S/C13H14N2O3/c1-13(15-9-16,12(17)18-2)7-10-3-5-11(8-14)6-4-10/h3-6,9H,7H2,1-2H3,(H,15,16)/t13-/m0/s1. The van der Waals surface area contributed by atoms with Crippen LogP contribution >= 0.6 is 0 Å².